The number of rotatable bonds is 6. The molecule has 0 fully saturated rings. The topological polar surface area (TPSA) is 69.0 Å². The summed E-state index contributed by atoms with van der Waals surface area (Å²) in [4.78, 5) is 21.1. The fourth-order valence-corrected chi connectivity index (χ4v) is 3.96. The van der Waals surface area contributed by atoms with Crippen LogP contribution in [0.2, 0.25) is 0 Å². The lowest BCUT2D eigenvalue weighted by Gasteiger charge is -2.10. The number of ether oxygens (including phenoxy) is 1. The van der Waals surface area contributed by atoms with E-state index in [0.717, 1.165) is 28.8 Å². The minimum Gasteiger partial charge on any atom is -0.438 e. The Kier molecular flexibility index (Phi) is 6.35. The zero-order valence-corrected chi connectivity index (χ0v) is 19.7. The highest BCUT2D eigenvalue weighted by atomic mass is 19.4. The molecule has 0 unspecified atom stereocenters. The van der Waals surface area contributed by atoms with E-state index in [9.17, 15) is 18.0 Å². The van der Waals surface area contributed by atoms with Crippen molar-refractivity contribution in [1.82, 2.24) is 14.5 Å². The average Bonchev–Trinajstić information content (AvgIpc) is 3.30. The van der Waals surface area contributed by atoms with Gasteiger partial charge in [0.2, 0.25) is 11.8 Å². The predicted octanol–water partition coefficient (Wildman–Crippen LogP) is 6.72. The second-order valence-corrected chi connectivity index (χ2v) is 8.43. The molecular weight excluding hydrogens is 481 g/mol. The van der Waals surface area contributed by atoms with Crippen LogP contribution in [0.4, 0.5) is 18.9 Å². The van der Waals surface area contributed by atoms with Crippen molar-refractivity contribution in [2.75, 3.05) is 5.32 Å². The predicted molar refractivity (Wildman–Crippen MR) is 134 cm³/mol. The third-order valence-electron chi connectivity index (χ3n) is 5.82. The van der Waals surface area contributed by atoms with Gasteiger partial charge < -0.3 is 14.6 Å². The van der Waals surface area contributed by atoms with E-state index in [2.05, 4.69) is 15.3 Å². The molecule has 0 aliphatic carbocycles. The highest BCUT2D eigenvalue weighted by Gasteiger charge is 2.30. The third kappa shape index (κ3) is 5.30. The third-order valence-corrected chi connectivity index (χ3v) is 5.82. The molecule has 0 saturated carbocycles. The number of anilines is 1. The smallest absolute Gasteiger partial charge is 0.416 e. The van der Waals surface area contributed by atoms with E-state index in [1.807, 2.05) is 48.0 Å². The van der Waals surface area contributed by atoms with Crippen LogP contribution in [0, 0.1) is 6.92 Å². The second kappa shape index (κ2) is 9.77. The number of nitrogens with zero attached hydrogens (tertiary/aromatic N) is 3. The van der Waals surface area contributed by atoms with E-state index < -0.39 is 11.7 Å². The number of benzene rings is 3. The van der Waals surface area contributed by atoms with Crippen molar-refractivity contribution in [3.63, 3.8) is 0 Å². The Hall–Kier alpha value is -4.66. The van der Waals surface area contributed by atoms with Gasteiger partial charge in [0, 0.05) is 17.6 Å². The first-order valence-corrected chi connectivity index (χ1v) is 11.4. The summed E-state index contributed by atoms with van der Waals surface area (Å²) < 4.78 is 46.1. The van der Waals surface area contributed by atoms with Gasteiger partial charge in [-0.1, -0.05) is 30.3 Å². The van der Waals surface area contributed by atoms with Crippen molar-refractivity contribution in [3.8, 4) is 17.3 Å². The van der Waals surface area contributed by atoms with Crippen LogP contribution in [0.25, 0.3) is 16.7 Å². The maximum atomic E-state index is 12.7. The number of halogens is 3. The SMILES string of the molecule is Cc1ccccc1-n1ccc2c(Oc3ccc(NC(=O)Cc4ccc(C(F)(F)F)cc4)cc3)ncnc21. The van der Waals surface area contributed by atoms with E-state index >= 15 is 0 Å². The molecule has 5 rings (SSSR count). The van der Waals surface area contributed by atoms with Crippen LogP contribution in [-0.2, 0) is 17.4 Å². The molecule has 0 saturated heterocycles. The van der Waals surface area contributed by atoms with E-state index in [1.54, 1.807) is 24.3 Å². The summed E-state index contributed by atoms with van der Waals surface area (Å²) in [7, 11) is 0. The largest absolute Gasteiger partial charge is 0.438 e. The Morgan fingerprint density at radius 1 is 0.946 bits per heavy atom. The number of amides is 1. The zero-order valence-electron chi connectivity index (χ0n) is 19.7. The Morgan fingerprint density at radius 3 is 2.38 bits per heavy atom. The van der Waals surface area contributed by atoms with E-state index in [0.29, 0.717) is 28.5 Å². The maximum Gasteiger partial charge on any atom is 0.416 e. The van der Waals surface area contributed by atoms with Crippen molar-refractivity contribution < 1.29 is 22.7 Å². The fraction of sp³-hybridized carbons (Fsp3) is 0.107. The Labute approximate surface area is 210 Å². The summed E-state index contributed by atoms with van der Waals surface area (Å²) in [6.07, 6.45) is -1.09. The van der Waals surface area contributed by atoms with Crippen LogP contribution in [0.1, 0.15) is 16.7 Å². The first-order valence-electron chi connectivity index (χ1n) is 11.4. The summed E-state index contributed by atoms with van der Waals surface area (Å²) in [6.45, 7) is 2.03. The quantitative estimate of drug-likeness (QED) is 0.280. The van der Waals surface area contributed by atoms with Gasteiger partial charge >= 0.3 is 6.18 Å². The van der Waals surface area contributed by atoms with Crippen LogP contribution < -0.4 is 10.1 Å². The Bertz CT molecular complexity index is 1560. The van der Waals surface area contributed by atoms with Gasteiger partial charge in [-0.15, -0.1) is 0 Å². The van der Waals surface area contributed by atoms with Gasteiger partial charge in [0.15, 0.2) is 5.65 Å². The van der Waals surface area contributed by atoms with Crippen molar-refractivity contribution in [1.29, 1.82) is 0 Å². The minimum atomic E-state index is -4.41. The molecule has 1 N–H and O–H groups in total. The average molecular weight is 502 g/mol. The van der Waals surface area contributed by atoms with E-state index in [4.69, 9.17) is 4.74 Å². The van der Waals surface area contributed by atoms with Crippen LogP contribution in [0.5, 0.6) is 11.6 Å². The van der Waals surface area contributed by atoms with Crippen molar-refractivity contribution in [3.05, 3.63) is 108 Å². The van der Waals surface area contributed by atoms with Crippen molar-refractivity contribution in [2.24, 2.45) is 0 Å². The molecule has 0 aliphatic rings. The van der Waals surface area contributed by atoms with Crippen LogP contribution in [0.15, 0.2) is 91.4 Å². The summed E-state index contributed by atoms with van der Waals surface area (Å²) in [5.41, 5.74) is 3.10. The van der Waals surface area contributed by atoms with E-state index in [1.165, 1.54) is 18.5 Å². The molecule has 0 atom stereocenters. The fourth-order valence-electron chi connectivity index (χ4n) is 3.96. The molecule has 2 aromatic heterocycles. The molecule has 9 heteroatoms. The lowest BCUT2D eigenvalue weighted by Crippen LogP contribution is -2.14. The van der Waals surface area contributed by atoms with Gasteiger partial charge in [-0.3, -0.25) is 4.79 Å². The number of hydrogen-bond acceptors (Lipinski definition) is 4. The van der Waals surface area contributed by atoms with Gasteiger partial charge in [-0.2, -0.15) is 13.2 Å². The zero-order chi connectivity index (χ0) is 26.0. The highest BCUT2D eigenvalue weighted by molar-refractivity contribution is 5.92. The maximum absolute atomic E-state index is 12.7. The molecule has 6 nitrogen and oxygen atoms in total. The lowest BCUT2D eigenvalue weighted by atomic mass is 10.1. The number of fused-ring (bicyclic) bond motifs is 1. The molecule has 0 radical (unpaired) electrons. The van der Waals surface area contributed by atoms with Crippen LogP contribution in [0.3, 0.4) is 0 Å². The monoisotopic (exact) mass is 502 g/mol. The molecule has 3 aromatic carbocycles. The molecule has 2 heterocycles. The molecular formula is C28H21F3N4O2. The molecule has 1 amide bonds. The number of carbonyl (C=O) groups excluding carboxylic acids is 1. The summed E-state index contributed by atoms with van der Waals surface area (Å²) in [6, 6.07) is 21.2. The standard InChI is InChI=1S/C28H21F3N4O2/c1-18-4-2-3-5-24(18)35-15-14-23-26(35)32-17-33-27(23)37-22-12-10-21(11-13-22)34-25(36)16-19-6-8-20(9-7-19)28(29,30)31/h2-15,17H,16H2,1H3,(H,34,36). The second-order valence-electron chi connectivity index (χ2n) is 8.43. The first-order chi connectivity index (χ1) is 17.8. The molecule has 0 aliphatic heterocycles. The van der Waals surface area contributed by atoms with Gasteiger partial charge in [-0.05, 0) is 66.6 Å². The Balaban J connectivity index is 1.26. The van der Waals surface area contributed by atoms with Crippen molar-refractivity contribution >= 4 is 22.6 Å². The number of aromatic nitrogens is 3. The van der Waals surface area contributed by atoms with Gasteiger partial charge in [-0.25, -0.2) is 9.97 Å². The molecule has 0 bridgehead atoms. The highest BCUT2D eigenvalue weighted by Crippen LogP contribution is 2.31. The van der Waals surface area contributed by atoms with Crippen LogP contribution in [-0.4, -0.2) is 20.4 Å². The molecule has 0 spiro atoms. The normalized spacial score (nSPS) is 11.5. The molecule has 37 heavy (non-hydrogen) atoms. The van der Waals surface area contributed by atoms with E-state index in [-0.39, 0.29) is 12.3 Å². The number of alkyl halides is 3. The Morgan fingerprint density at radius 2 is 1.68 bits per heavy atom. The lowest BCUT2D eigenvalue weighted by molar-refractivity contribution is -0.137. The summed E-state index contributed by atoms with van der Waals surface area (Å²) in [5, 5.41) is 3.49. The number of carbonyl (C=O) groups is 1. The van der Waals surface area contributed by atoms with Gasteiger partial charge in [0.1, 0.15) is 12.1 Å². The number of hydrogen-bond donors (Lipinski definition) is 1. The summed E-state index contributed by atoms with van der Waals surface area (Å²) in [5.74, 6) is 0.573. The van der Waals surface area contributed by atoms with Crippen molar-refractivity contribution in [2.45, 2.75) is 19.5 Å². The van der Waals surface area contributed by atoms with Gasteiger partial charge in [0.25, 0.3) is 0 Å². The molecule has 5 aromatic rings. The first kappa shape index (κ1) is 24.1. The molecule has 186 valence electrons. The summed E-state index contributed by atoms with van der Waals surface area (Å²) >= 11 is 0. The number of nitrogens with one attached hydrogen (secondary N) is 1. The minimum absolute atomic E-state index is 0.0484. The number of para-hydroxylation sites is 1. The number of aryl methyl sites for hydroxylation is 1. The van der Waals surface area contributed by atoms with Crippen LogP contribution >= 0.6 is 0 Å². The van der Waals surface area contributed by atoms with Gasteiger partial charge in [0.05, 0.1) is 17.4 Å².